The summed E-state index contributed by atoms with van der Waals surface area (Å²) in [5, 5.41) is 4.14. The Labute approximate surface area is 164 Å². The molecule has 0 fully saturated rings. The third kappa shape index (κ3) is 3.65. The molecule has 4 aromatic carbocycles. The first kappa shape index (κ1) is 17.2. The van der Waals surface area contributed by atoms with Crippen molar-refractivity contribution in [3.8, 4) is 11.1 Å². The Balaban J connectivity index is 1.91. The van der Waals surface area contributed by atoms with Crippen LogP contribution in [0.25, 0.3) is 11.1 Å². The Bertz CT molecular complexity index is 940. The lowest BCUT2D eigenvalue weighted by molar-refractivity contribution is 1.61. The normalized spacial score (nSPS) is 10.8. The van der Waals surface area contributed by atoms with Gasteiger partial charge in [-0.25, -0.2) is 0 Å². The number of rotatable bonds is 4. The standard InChI is InChI=1S/C24H18BrP/c25-20-17-15-19(16-18-20)23-13-7-8-14-24(23)26(21-9-3-1-4-10-21)22-11-5-2-6-12-22/h1-18H. The Kier molecular flexibility index (Phi) is 5.29. The average molecular weight is 417 g/mol. The predicted molar refractivity (Wildman–Crippen MR) is 118 cm³/mol. The fourth-order valence-corrected chi connectivity index (χ4v) is 5.86. The van der Waals surface area contributed by atoms with Gasteiger partial charge in [-0.05, 0) is 47.1 Å². The first-order chi connectivity index (χ1) is 12.8. The van der Waals surface area contributed by atoms with E-state index in [9.17, 15) is 0 Å². The summed E-state index contributed by atoms with van der Waals surface area (Å²) in [6, 6.07) is 39.1. The van der Waals surface area contributed by atoms with Crippen LogP contribution in [0.15, 0.2) is 114 Å². The molecule has 0 aromatic heterocycles. The van der Waals surface area contributed by atoms with Gasteiger partial charge in [0.2, 0.25) is 0 Å². The van der Waals surface area contributed by atoms with Gasteiger partial charge >= 0.3 is 0 Å². The van der Waals surface area contributed by atoms with E-state index < -0.39 is 7.92 Å². The van der Waals surface area contributed by atoms with Crippen LogP contribution in [0.4, 0.5) is 0 Å². The summed E-state index contributed by atoms with van der Waals surface area (Å²) < 4.78 is 1.10. The highest BCUT2D eigenvalue weighted by Gasteiger charge is 2.19. The van der Waals surface area contributed by atoms with Gasteiger partial charge in [0.15, 0.2) is 0 Å². The lowest BCUT2D eigenvalue weighted by atomic mass is 10.1. The molecule has 0 aliphatic carbocycles. The molecule has 4 rings (SSSR count). The van der Waals surface area contributed by atoms with Crippen LogP contribution in [0.2, 0.25) is 0 Å². The summed E-state index contributed by atoms with van der Waals surface area (Å²) in [7, 11) is -0.610. The monoisotopic (exact) mass is 416 g/mol. The van der Waals surface area contributed by atoms with Crippen molar-refractivity contribution in [2.75, 3.05) is 0 Å². The zero-order chi connectivity index (χ0) is 17.8. The molecular formula is C24H18BrP. The molecule has 0 amide bonds. The van der Waals surface area contributed by atoms with Crippen LogP contribution in [0.1, 0.15) is 0 Å². The smallest absolute Gasteiger partial charge is 0.0175 e. The van der Waals surface area contributed by atoms with E-state index in [1.165, 1.54) is 27.0 Å². The Morgan fingerprint density at radius 1 is 0.500 bits per heavy atom. The van der Waals surface area contributed by atoms with Gasteiger partial charge in [-0.1, -0.05) is 113 Å². The van der Waals surface area contributed by atoms with E-state index in [0.29, 0.717) is 0 Å². The molecule has 0 spiro atoms. The second kappa shape index (κ2) is 7.99. The van der Waals surface area contributed by atoms with Gasteiger partial charge in [0.05, 0.1) is 0 Å². The van der Waals surface area contributed by atoms with Crippen molar-refractivity contribution < 1.29 is 0 Å². The van der Waals surface area contributed by atoms with Crippen LogP contribution in [-0.2, 0) is 0 Å². The second-order valence-corrected chi connectivity index (χ2v) is 9.13. The van der Waals surface area contributed by atoms with Crippen LogP contribution in [0.3, 0.4) is 0 Å². The Morgan fingerprint density at radius 2 is 1.00 bits per heavy atom. The molecule has 0 saturated carbocycles. The number of benzene rings is 4. The molecule has 0 heterocycles. The van der Waals surface area contributed by atoms with Crippen molar-refractivity contribution in [3.05, 3.63) is 114 Å². The van der Waals surface area contributed by atoms with E-state index in [1.807, 2.05) is 0 Å². The molecule has 2 heteroatoms. The van der Waals surface area contributed by atoms with E-state index in [1.54, 1.807) is 0 Å². The van der Waals surface area contributed by atoms with E-state index in [2.05, 4.69) is 125 Å². The minimum atomic E-state index is -0.610. The van der Waals surface area contributed by atoms with Crippen molar-refractivity contribution in [1.82, 2.24) is 0 Å². The fraction of sp³-hybridized carbons (Fsp3) is 0. The van der Waals surface area contributed by atoms with Crippen LogP contribution in [-0.4, -0.2) is 0 Å². The zero-order valence-corrected chi connectivity index (χ0v) is 16.7. The third-order valence-electron chi connectivity index (χ3n) is 4.33. The van der Waals surface area contributed by atoms with Crippen molar-refractivity contribution in [3.63, 3.8) is 0 Å². The molecular weight excluding hydrogens is 399 g/mol. The minimum Gasteiger partial charge on any atom is -0.0622 e. The van der Waals surface area contributed by atoms with Gasteiger partial charge in [-0.3, -0.25) is 0 Å². The van der Waals surface area contributed by atoms with Crippen LogP contribution in [0.5, 0.6) is 0 Å². The molecule has 0 aliphatic heterocycles. The summed E-state index contributed by atoms with van der Waals surface area (Å²) in [6.07, 6.45) is 0. The molecule has 4 aromatic rings. The maximum absolute atomic E-state index is 3.54. The first-order valence-electron chi connectivity index (χ1n) is 8.58. The lowest BCUT2D eigenvalue weighted by Gasteiger charge is -2.22. The van der Waals surface area contributed by atoms with Gasteiger partial charge in [-0.2, -0.15) is 0 Å². The molecule has 0 saturated heterocycles. The maximum atomic E-state index is 3.54. The molecule has 0 N–H and O–H groups in total. The number of hydrogen-bond acceptors (Lipinski definition) is 0. The van der Waals surface area contributed by atoms with Gasteiger partial charge in [0.25, 0.3) is 0 Å². The second-order valence-electron chi connectivity index (χ2n) is 6.03. The molecule has 126 valence electrons. The molecule has 0 radical (unpaired) electrons. The predicted octanol–water partition coefficient (Wildman–Crippen LogP) is 5.87. The molecule has 0 aliphatic rings. The first-order valence-corrected chi connectivity index (χ1v) is 10.7. The molecule has 0 nitrogen and oxygen atoms in total. The van der Waals surface area contributed by atoms with Gasteiger partial charge in [-0.15, -0.1) is 0 Å². The van der Waals surface area contributed by atoms with E-state index >= 15 is 0 Å². The lowest BCUT2D eigenvalue weighted by Crippen LogP contribution is -2.21. The van der Waals surface area contributed by atoms with Crippen molar-refractivity contribution in [2.24, 2.45) is 0 Å². The fourth-order valence-electron chi connectivity index (χ4n) is 3.12. The summed E-state index contributed by atoms with van der Waals surface area (Å²) in [4.78, 5) is 0. The highest BCUT2D eigenvalue weighted by atomic mass is 79.9. The van der Waals surface area contributed by atoms with Crippen molar-refractivity contribution in [1.29, 1.82) is 0 Å². The molecule has 0 unspecified atom stereocenters. The highest BCUT2D eigenvalue weighted by Crippen LogP contribution is 2.37. The number of halogens is 1. The third-order valence-corrected chi connectivity index (χ3v) is 7.36. The van der Waals surface area contributed by atoms with Gasteiger partial charge in [0, 0.05) is 4.47 Å². The summed E-state index contributed by atoms with van der Waals surface area (Å²) in [5.41, 5.74) is 2.56. The Hall–Kier alpha value is -2.21. The van der Waals surface area contributed by atoms with Gasteiger partial charge < -0.3 is 0 Å². The van der Waals surface area contributed by atoms with Crippen molar-refractivity contribution in [2.45, 2.75) is 0 Å². The van der Waals surface area contributed by atoms with E-state index in [0.717, 1.165) is 4.47 Å². The molecule has 26 heavy (non-hydrogen) atoms. The van der Waals surface area contributed by atoms with Crippen molar-refractivity contribution >= 4 is 39.8 Å². The highest BCUT2D eigenvalue weighted by molar-refractivity contribution is 9.10. The quantitative estimate of drug-likeness (QED) is 0.364. The minimum absolute atomic E-state index is 0.610. The van der Waals surface area contributed by atoms with E-state index in [4.69, 9.17) is 0 Å². The SMILES string of the molecule is Brc1ccc(-c2ccccc2P(c2ccccc2)c2ccccc2)cc1. The maximum Gasteiger partial charge on any atom is 0.0175 e. The molecule has 0 atom stereocenters. The molecule has 0 bridgehead atoms. The largest absolute Gasteiger partial charge is 0.0622 e. The van der Waals surface area contributed by atoms with E-state index in [-0.39, 0.29) is 0 Å². The van der Waals surface area contributed by atoms with Crippen LogP contribution in [0, 0.1) is 0 Å². The average Bonchev–Trinajstić information content (AvgIpc) is 2.71. The Morgan fingerprint density at radius 3 is 1.58 bits per heavy atom. The summed E-state index contributed by atoms with van der Waals surface area (Å²) in [5.74, 6) is 0. The van der Waals surface area contributed by atoms with Gasteiger partial charge in [0.1, 0.15) is 0 Å². The zero-order valence-electron chi connectivity index (χ0n) is 14.2. The summed E-state index contributed by atoms with van der Waals surface area (Å²) in [6.45, 7) is 0. The summed E-state index contributed by atoms with van der Waals surface area (Å²) >= 11 is 3.54. The van der Waals surface area contributed by atoms with Crippen LogP contribution >= 0.6 is 23.9 Å². The number of hydrogen-bond donors (Lipinski definition) is 0. The topological polar surface area (TPSA) is 0 Å². The van der Waals surface area contributed by atoms with Crippen LogP contribution < -0.4 is 15.9 Å².